The Bertz CT molecular complexity index is 1130. The molecular formula is C24H22N2O4S. The van der Waals surface area contributed by atoms with Gasteiger partial charge in [0.15, 0.2) is 0 Å². The molecule has 0 aliphatic carbocycles. The number of carbonyl (C=O) groups excluding carboxylic acids is 2. The van der Waals surface area contributed by atoms with Gasteiger partial charge in [-0.2, -0.15) is 0 Å². The molecule has 1 N–H and O–H groups in total. The average Bonchev–Trinajstić information content (AvgIpc) is 2.81. The topological polar surface area (TPSA) is 75.7 Å². The predicted molar refractivity (Wildman–Crippen MR) is 120 cm³/mol. The van der Waals surface area contributed by atoms with Gasteiger partial charge in [0, 0.05) is 12.1 Å². The van der Waals surface area contributed by atoms with Crippen LogP contribution in [0.2, 0.25) is 0 Å². The van der Waals surface area contributed by atoms with Crippen LogP contribution in [0.3, 0.4) is 0 Å². The van der Waals surface area contributed by atoms with E-state index in [1.54, 1.807) is 30.2 Å². The van der Waals surface area contributed by atoms with Crippen LogP contribution < -0.4 is 15.0 Å². The smallest absolute Gasteiger partial charge is 0.251 e. The zero-order valence-corrected chi connectivity index (χ0v) is 17.9. The third-order valence-electron chi connectivity index (χ3n) is 5.11. The molecule has 1 atom stereocenters. The molecule has 1 heterocycles. The maximum Gasteiger partial charge on any atom is 0.251 e. The van der Waals surface area contributed by atoms with Crippen LogP contribution in [-0.4, -0.2) is 28.9 Å². The van der Waals surface area contributed by atoms with E-state index in [-0.39, 0.29) is 17.6 Å². The van der Waals surface area contributed by atoms with Gasteiger partial charge in [0.2, 0.25) is 5.91 Å². The van der Waals surface area contributed by atoms with Gasteiger partial charge in [-0.15, -0.1) is 0 Å². The lowest BCUT2D eigenvalue weighted by Crippen LogP contribution is -2.38. The molecule has 3 aromatic rings. The van der Waals surface area contributed by atoms with Crippen molar-refractivity contribution in [1.82, 2.24) is 5.32 Å². The van der Waals surface area contributed by atoms with Gasteiger partial charge >= 0.3 is 0 Å². The minimum atomic E-state index is -1.42. The van der Waals surface area contributed by atoms with Crippen LogP contribution in [0.15, 0.2) is 77.7 Å². The zero-order chi connectivity index (χ0) is 21.8. The summed E-state index contributed by atoms with van der Waals surface area (Å²) < 4.78 is 17.6. The highest BCUT2D eigenvalue weighted by molar-refractivity contribution is 7.86. The zero-order valence-electron chi connectivity index (χ0n) is 17.0. The number of fused-ring (bicyclic) bond motifs is 1. The number of hydrogen-bond acceptors (Lipinski definition) is 4. The summed E-state index contributed by atoms with van der Waals surface area (Å²) in [4.78, 5) is 27.6. The van der Waals surface area contributed by atoms with Crippen molar-refractivity contribution in [2.75, 3.05) is 17.8 Å². The number of amides is 2. The van der Waals surface area contributed by atoms with Gasteiger partial charge in [-0.05, 0) is 41.5 Å². The van der Waals surface area contributed by atoms with Crippen LogP contribution in [0.4, 0.5) is 5.69 Å². The second-order valence-corrected chi connectivity index (χ2v) is 8.59. The van der Waals surface area contributed by atoms with Crippen molar-refractivity contribution < 1.29 is 18.5 Å². The Hall–Kier alpha value is -3.45. The lowest BCUT2D eigenvalue weighted by molar-refractivity contribution is -0.116. The Morgan fingerprint density at radius 3 is 2.48 bits per heavy atom. The maximum absolute atomic E-state index is 12.7. The van der Waals surface area contributed by atoms with E-state index in [0.29, 0.717) is 29.2 Å². The number of hydrogen-bond donors (Lipinski definition) is 1. The van der Waals surface area contributed by atoms with Crippen molar-refractivity contribution in [3.05, 3.63) is 89.5 Å². The fourth-order valence-electron chi connectivity index (χ4n) is 3.43. The molecule has 158 valence electrons. The van der Waals surface area contributed by atoms with Crippen LogP contribution in [0, 0.1) is 0 Å². The van der Waals surface area contributed by atoms with E-state index in [1.807, 2.05) is 54.6 Å². The molecule has 0 bridgehead atoms. The number of nitrogens with zero attached hydrogens (tertiary/aromatic N) is 1. The maximum atomic E-state index is 12.7. The van der Waals surface area contributed by atoms with Crippen molar-refractivity contribution in [2.24, 2.45) is 0 Å². The Labute approximate surface area is 183 Å². The lowest BCUT2D eigenvalue weighted by Gasteiger charge is -2.29. The van der Waals surface area contributed by atoms with Crippen LogP contribution in [0.1, 0.15) is 21.5 Å². The highest BCUT2D eigenvalue weighted by Crippen LogP contribution is 2.31. The molecule has 2 amide bonds. The van der Waals surface area contributed by atoms with E-state index in [0.717, 1.165) is 16.9 Å². The first-order valence-electron chi connectivity index (χ1n) is 9.83. The summed E-state index contributed by atoms with van der Waals surface area (Å²) in [6.07, 6.45) is 0. The Morgan fingerprint density at radius 2 is 1.77 bits per heavy atom. The molecule has 7 heteroatoms. The highest BCUT2D eigenvalue weighted by atomic mass is 32.2. The summed E-state index contributed by atoms with van der Waals surface area (Å²) >= 11 is 0. The van der Waals surface area contributed by atoms with Gasteiger partial charge in [0.25, 0.3) is 5.91 Å². The first-order chi connectivity index (χ1) is 15.0. The first kappa shape index (κ1) is 20.8. The molecule has 0 fully saturated rings. The van der Waals surface area contributed by atoms with Crippen molar-refractivity contribution >= 4 is 28.3 Å². The van der Waals surface area contributed by atoms with Crippen molar-refractivity contribution in [2.45, 2.75) is 18.0 Å². The SMILES string of the molecule is COc1ccc(CNC(=O)c2ccc3c(c2)N(Cc2ccccc2)C(=O)C[S@]3=O)cc1. The molecule has 1 aliphatic rings. The molecule has 0 saturated heterocycles. The summed E-state index contributed by atoms with van der Waals surface area (Å²) in [6, 6.07) is 22.0. The summed E-state index contributed by atoms with van der Waals surface area (Å²) in [5.74, 6) is 0.219. The summed E-state index contributed by atoms with van der Waals surface area (Å²) in [5, 5.41) is 2.89. The molecule has 3 aromatic carbocycles. The molecule has 0 saturated carbocycles. The van der Waals surface area contributed by atoms with Crippen LogP contribution in [0.25, 0.3) is 0 Å². The van der Waals surface area contributed by atoms with Gasteiger partial charge in [0.05, 0.1) is 35.0 Å². The van der Waals surface area contributed by atoms with Crippen molar-refractivity contribution in [3.63, 3.8) is 0 Å². The molecule has 0 radical (unpaired) electrons. The minimum absolute atomic E-state index is 0.0527. The lowest BCUT2D eigenvalue weighted by atomic mass is 10.1. The third kappa shape index (κ3) is 4.67. The summed E-state index contributed by atoms with van der Waals surface area (Å²) in [7, 11) is 0.186. The van der Waals surface area contributed by atoms with E-state index in [9.17, 15) is 13.8 Å². The van der Waals surface area contributed by atoms with Gasteiger partial charge < -0.3 is 15.0 Å². The number of carbonyl (C=O) groups is 2. The van der Waals surface area contributed by atoms with E-state index in [2.05, 4.69) is 5.32 Å². The number of methoxy groups -OCH3 is 1. The van der Waals surface area contributed by atoms with Crippen LogP contribution in [0.5, 0.6) is 5.75 Å². The number of rotatable bonds is 6. The monoisotopic (exact) mass is 434 g/mol. The summed E-state index contributed by atoms with van der Waals surface area (Å²) in [5.41, 5.74) is 2.84. The largest absolute Gasteiger partial charge is 0.497 e. The number of anilines is 1. The van der Waals surface area contributed by atoms with E-state index >= 15 is 0 Å². The number of nitrogens with one attached hydrogen (secondary N) is 1. The normalized spacial score (nSPS) is 15.3. The second kappa shape index (κ2) is 9.14. The van der Waals surface area contributed by atoms with E-state index < -0.39 is 10.8 Å². The average molecular weight is 435 g/mol. The first-order valence-corrected chi connectivity index (χ1v) is 11.1. The van der Waals surface area contributed by atoms with E-state index in [1.165, 1.54) is 0 Å². The molecule has 31 heavy (non-hydrogen) atoms. The van der Waals surface area contributed by atoms with Crippen LogP contribution >= 0.6 is 0 Å². The fraction of sp³-hybridized carbons (Fsp3) is 0.167. The quantitative estimate of drug-likeness (QED) is 0.646. The standard InChI is InChI=1S/C24H22N2O4S/c1-30-20-10-7-17(8-11-20)14-25-24(28)19-9-12-22-21(13-19)26(23(27)16-31(22)29)15-18-5-3-2-4-6-18/h2-13H,14-16H2,1H3,(H,25,28)/t31-/m1/s1. The Morgan fingerprint density at radius 1 is 1.03 bits per heavy atom. The third-order valence-corrected chi connectivity index (χ3v) is 6.45. The molecule has 0 aromatic heterocycles. The molecule has 0 spiro atoms. The van der Waals surface area contributed by atoms with Crippen LogP contribution in [-0.2, 0) is 28.7 Å². The van der Waals surface area contributed by atoms with E-state index in [4.69, 9.17) is 4.74 Å². The highest BCUT2D eigenvalue weighted by Gasteiger charge is 2.30. The van der Waals surface area contributed by atoms with Crippen molar-refractivity contribution in [1.29, 1.82) is 0 Å². The summed E-state index contributed by atoms with van der Waals surface area (Å²) in [6.45, 7) is 0.722. The number of benzene rings is 3. The second-order valence-electron chi connectivity index (χ2n) is 7.17. The molecular weight excluding hydrogens is 412 g/mol. The Kier molecular flexibility index (Phi) is 6.13. The van der Waals surface area contributed by atoms with Gasteiger partial charge in [-0.3, -0.25) is 13.8 Å². The molecule has 6 nitrogen and oxygen atoms in total. The van der Waals surface area contributed by atoms with Gasteiger partial charge in [0.1, 0.15) is 11.5 Å². The Balaban J connectivity index is 1.55. The molecule has 0 unspecified atom stereocenters. The number of ether oxygens (including phenoxy) is 1. The predicted octanol–water partition coefficient (Wildman–Crippen LogP) is 3.28. The van der Waals surface area contributed by atoms with Crippen molar-refractivity contribution in [3.8, 4) is 5.75 Å². The minimum Gasteiger partial charge on any atom is -0.497 e. The van der Waals surface area contributed by atoms with Gasteiger partial charge in [-0.25, -0.2) is 0 Å². The fourth-order valence-corrected chi connectivity index (χ4v) is 4.59. The molecule has 1 aliphatic heterocycles. The molecule has 4 rings (SSSR count). The van der Waals surface area contributed by atoms with Gasteiger partial charge in [-0.1, -0.05) is 42.5 Å².